The van der Waals surface area contributed by atoms with Gasteiger partial charge in [-0.3, -0.25) is 5.32 Å². The van der Waals surface area contributed by atoms with E-state index in [0.717, 1.165) is 18.0 Å². The Bertz CT molecular complexity index is 404. The molecule has 17 heavy (non-hydrogen) atoms. The molecule has 0 saturated heterocycles. The minimum atomic E-state index is -0.311. The number of carbonyl (C=O) groups excluding carboxylic acids is 1. The third-order valence-corrected chi connectivity index (χ3v) is 3.95. The molecule has 2 aliphatic rings. The lowest BCUT2D eigenvalue weighted by atomic mass is 9.98. The second-order valence-electron chi connectivity index (χ2n) is 5.11. The number of rotatable bonds is 2. The van der Waals surface area contributed by atoms with Gasteiger partial charge in [-0.1, -0.05) is 18.2 Å². The molecule has 1 amide bonds. The van der Waals surface area contributed by atoms with E-state index in [4.69, 9.17) is 4.74 Å². The summed E-state index contributed by atoms with van der Waals surface area (Å²) in [5, 5.41) is 2.77. The molecule has 0 aromatic heterocycles. The highest BCUT2D eigenvalue weighted by atomic mass is 16.6. The second-order valence-corrected chi connectivity index (χ2v) is 5.11. The van der Waals surface area contributed by atoms with Gasteiger partial charge >= 0.3 is 6.09 Å². The van der Waals surface area contributed by atoms with Gasteiger partial charge in [-0.2, -0.15) is 0 Å². The number of anilines is 1. The van der Waals surface area contributed by atoms with E-state index >= 15 is 0 Å². The van der Waals surface area contributed by atoms with E-state index in [1.807, 2.05) is 30.3 Å². The lowest BCUT2D eigenvalue weighted by Gasteiger charge is -2.21. The molecule has 90 valence electrons. The van der Waals surface area contributed by atoms with E-state index in [0.29, 0.717) is 5.92 Å². The molecule has 2 fully saturated rings. The molecule has 2 saturated carbocycles. The smallest absolute Gasteiger partial charge is 0.411 e. The number of para-hydroxylation sites is 1. The molecule has 3 atom stereocenters. The molecule has 3 rings (SSSR count). The van der Waals surface area contributed by atoms with Gasteiger partial charge in [0.15, 0.2) is 0 Å². The van der Waals surface area contributed by atoms with Crippen LogP contribution in [0.1, 0.15) is 25.7 Å². The number of amides is 1. The number of nitrogens with one attached hydrogen (secondary N) is 1. The number of benzene rings is 1. The molecule has 0 unspecified atom stereocenters. The van der Waals surface area contributed by atoms with E-state index in [1.165, 1.54) is 19.3 Å². The van der Waals surface area contributed by atoms with Crippen molar-refractivity contribution in [2.45, 2.75) is 31.8 Å². The standard InChI is InChI=1S/C14H17NO2/c16-14(15-12-4-2-1-3-5-12)17-13-9-10-6-7-11(13)8-10/h1-5,10-11,13H,6-9H2,(H,15,16)/t10-,11-,13-/m1/s1. The first kappa shape index (κ1) is 10.6. The zero-order valence-corrected chi connectivity index (χ0v) is 9.76. The third kappa shape index (κ3) is 2.28. The normalized spacial score (nSPS) is 30.2. The number of ether oxygens (including phenoxy) is 1. The van der Waals surface area contributed by atoms with E-state index in [2.05, 4.69) is 5.32 Å². The van der Waals surface area contributed by atoms with Crippen molar-refractivity contribution >= 4 is 11.8 Å². The molecule has 0 spiro atoms. The summed E-state index contributed by atoms with van der Waals surface area (Å²) in [5.41, 5.74) is 0.792. The van der Waals surface area contributed by atoms with Crippen molar-refractivity contribution in [2.24, 2.45) is 11.8 Å². The summed E-state index contributed by atoms with van der Waals surface area (Å²) < 4.78 is 5.50. The lowest BCUT2D eigenvalue weighted by Crippen LogP contribution is -2.26. The van der Waals surface area contributed by atoms with Gasteiger partial charge in [0, 0.05) is 5.69 Å². The molecule has 1 aromatic carbocycles. The average Bonchev–Trinajstić information content (AvgIpc) is 2.92. The molecule has 3 nitrogen and oxygen atoms in total. The summed E-state index contributed by atoms with van der Waals surface area (Å²) in [5.74, 6) is 1.41. The van der Waals surface area contributed by atoms with Crippen molar-refractivity contribution in [1.29, 1.82) is 0 Å². The van der Waals surface area contributed by atoms with E-state index in [1.54, 1.807) is 0 Å². The molecule has 2 aliphatic carbocycles. The molecular weight excluding hydrogens is 214 g/mol. The lowest BCUT2D eigenvalue weighted by molar-refractivity contribution is 0.0755. The van der Waals surface area contributed by atoms with Crippen molar-refractivity contribution in [3.8, 4) is 0 Å². The highest BCUT2D eigenvalue weighted by Crippen LogP contribution is 2.45. The van der Waals surface area contributed by atoms with Crippen molar-refractivity contribution in [3.05, 3.63) is 30.3 Å². The molecule has 2 bridgehead atoms. The maximum Gasteiger partial charge on any atom is 0.411 e. The fraction of sp³-hybridized carbons (Fsp3) is 0.500. The Hall–Kier alpha value is -1.51. The minimum absolute atomic E-state index is 0.150. The molecule has 1 aromatic rings. The van der Waals surface area contributed by atoms with Crippen LogP contribution in [0.3, 0.4) is 0 Å². The summed E-state index contributed by atoms with van der Waals surface area (Å²) in [6.45, 7) is 0. The van der Waals surface area contributed by atoms with Crippen LogP contribution in [-0.4, -0.2) is 12.2 Å². The number of fused-ring (bicyclic) bond motifs is 2. The van der Waals surface area contributed by atoms with E-state index < -0.39 is 0 Å². The maximum atomic E-state index is 11.7. The maximum absolute atomic E-state index is 11.7. The predicted molar refractivity (Wildman–Crippen MR) is 65.8 cm³/mol. The quantitative estimate of drug-likeness (QED) is 0.846. The zero-order chi connectivity index (χ0) is 11.7. The van der Waals surface area contributed by atoms with Gasteiger partial charge in [0.05, 0.1) is 0 Å². The molecule has 0 aliphatic heterocycles. The second kappa shape index (κ2) is 4.40. The molecule has 3 heteroatoms. The highest BCUT2D eigenvalue weighted by Gasteiger charge is 2.41. The predicted octanol–water partition coefficient (Wildman–Crippen LogP) is 3.42. The SMILES string of the molecule is O=C(Nc1ccccc1)O[C@@H]1C[C@@H]2CC[C@@H]1C2. The van der Waals surface area contributed by atoms with Crippen LogP contribution < -0.4 is 5.32 Å². The molecule has 0 radical (unpaired) electrons. The largest absolute Gasteiger partial charge is 0.446 e. The van der Waals surface area contributed by atoms with Crippen LogP contribution in [0.5, 0.6) is 0 Å². The summed E-state index contributed by atoms with van der Waals surface area (Å²) in [4.78, 5) is 11.7. The van der Waals surface area contributed by atoms with Crippen LogP contribution in [0.25, 0.3) is 0 Å². The van der Waals surface area contributed by atoms with Gasteiger partial charge in [-0.15, -0.1) is 0 Å². The van der Waals surface area contributed by atoms with Crippen molar-refractivity contribution in [3.63, 3.8) is 0 Å². The zero-order valence-electron chi connectivity index (χ0n) is 9.76. The highest BCUT2D eigenvalue weighted by molar-refractivity contribution is 5.84. The van der Waals surface area contributed by atoms with Gasteiger partial charge in [-0.25, -0.2) is 4.79 Å². The third-order valence-electron chi connectivity index (χ3n) is 3.95. The fourth-order valence-electron chi connectivity index (χ4n) is 3.14. The monoisotopic (exact) mass is 231 g/mol. The molecule has 1 N–H and O–H groups in total. The Labute approximate surface area is 101 Å². The Morgan fingerprint density at radius 1 is 1.18 bits per heavy atom. The van der Waals surface area contributed by atoms with Crippen molar-refractivity contribution < 1.29 is 9.53 Å². The van der Waals surface area contributed by atoms with Gasteiger partial charge < -0.3 is 4.74 Å². The van der Waals surface area contributed by atoms with E-state index in [-0.39, 0.29) is 12.2 Å². The Kier molecular flexibility index (Phi) is 2.75. The summed E-state index contributed by atoms with van der Waals surface area (Å²) in [6.07, 6.45) is 4.71. The van der Waals surface area contributed by atoms with Crippen LogP contribution in [0.15, 0.2) is 30.3 Å². The number of hydrogen-bond donors (Lipinski definition) is 1. The van der Waals surface area contributed by atoms with Crippen molar-refractivity contribution in [1.82, 2.24) is 0 Å². The first-order chi connectivity index (χ1) is 8.31. The van der Waals surface area contributed by atoms with E-state index in [9.17, 15) is 4.79 Å². The first-order valence-electron chi connectivity index (χ1n) is 6.34. The first-order valence-corrected chi connectivity index (χ1v) is 6.34. The van der Waals surface area contributed by atoms with Crippen LogP contribution in [0.4, 0.5) is 10.5 Å². The Morgan fingerprint density at radius 3 is 2.65 bits per heavy atom. The Morgan fingerprint density at radius 2 is 2.00 bits per heavy atom. The number of carbonyl (C=O) groups is 1. The van der Waals surface area contributed by atoms with Crippen LogP contribution in [0.2, 0.25) is 0 Å². The Balaban J connectivity index is 1.54. The minimum Gasteiger partial charge on any atom is -0.446 e. The van der Waals surface area contributed by atoms with Crippen LogP contribution in [0, 0.1) is 11.8 Å². The van der Waals surface area contributed by atoms with Crippen LogP contribution >= 0.6 is 0 Å². The van der Waals surface area contributed by atoms with Gasteiger partial charge in [-0.05, 0) is 49.7 Å². The average molecular weight is 231 g/mol. The fourth-order valence-corrected chi connectivity index (χ4v) is 3.14. The van der Waals surface area contributed by atoms with Crippen molar-refractivity contribution in [2.75, 3.05) is 5.32 Å². The van der Waals surface area contributed by atoms with Gasteiger partial charge in [0.25, 0.3) is 0 Å². The molecule has 0 heterocycles. The van der Waals surface area contributed by atoms with Gasteiger partial charge in [0.2, 0.25) is 0 Å². The summed E-state index contributed by atoms with van der Waals surface area (Å²) >= 11 is 0. The van der Waals surface area contributed by atoms with Crippen LogP contribution in [-0.2, 0) is 4.74 Å². The summed E-state index contributed by atoms with van der Waals surface area (Å²) in [6, 6.07) is 9.44. The summed E-state index contributed by atoms with van der Waals surface area (Å²) in [7, 11) is 0. The molecular formula is C14H17NO2. The van der Waals surface area contributed by atoms with Gasteiger partial charge in [0.1, 0.15) is 6.10 Å². The topological polar surface area (TPSA) is 38.3 Å². The number of hydrogen-bond acceptors (Lipinski definition) is 2.